The van der Waals surface area contributed by atoms with E-state index in [4.69, 9.17) is 11.6 Å². The average molecular weight is 262 g/mol. The summed E-state index contributed by atoms with van der Waals surface area (Å²) in [4.78, 5) is 4.88. The molecule has 0 bridgehead atoms. The zero-order valence-corrected chi connectivity index (χ0v) is 11.0. The van der Waals surface area contributed by atoms with Gasteiger partial charge in [0.25, 0.3) is 0 Å². The van der Waals surface area contributed by atoms with E-state index in [9.17, 15) is 5.26 Å². The van der Waals surface area contributed by atoms with E-state index in [1.165, 1.54) is 19.4 Å². The van der Waals surface area contributed by atoms with Crippen LogP contribution in [0.25, 0.3) is 0 Å². The number of halogens is 1. The van der Waals surface area contributed by atoms with Crippen molar-refractivity contribution in [2.24, 2.45) is 0 Å². The van der Waals surface area contributed by atoms with Crippen LogP contribution in [-0.2, 0) is 0 Å². The van der Waals surface area contributed by atoms with Gasteiger partial charge in [0.2, 0.25) is 0 Å². The number of rotatable bonds is 1. The molecule has 0 aliphatic carbocycles. The van der Waals surface area contributed by atoms with Gasteiger partial charge >= 0.3 is 0 Å². The van der Waals surface area contributed by atoms with Gasteiger partial charge < -0.3 is 4.90 Å². The van der Waals surface area contributed by atoms with Gasteiger partial charge in [-0.25, -0.2) is 0 Å². The number of nitrogens with zero attached hydrogens (tertiary/aromatic N) is 3. The molecule has 1 atom stereocenters. The summed E-state index contributed by atoms with van der Waals surface area (Å²) in [6.45, 7) is 4.35. The third kappa shape index (κ3) is 2.07. The van der Waals surface area contributed by atoms with Crippen LogP contribution in [0.2, 0.25) is 5.02 Å². The van der Waals surface area contributed by atoms with Crippen molar-refractivity contribution in [3.05, 3.63) is 28.8 Å². The van der Waals surface area contributed by atoms with E-state index in [0.717, 1.165) is 30.9 Å². The summed E-state index contributed by atoms with van der Waals surface area (Å²) in [6.07, 6.45) is 2.58. The van der Waals surface area contributed by atoms with Crippen molar-refractivity contribution in [1.29, 1.82) is 5.26 Å². The SMILES string of the molecule is N#Cc1ccc(Cl)cc1N1CCN2CCCC2C1. The van der Waals surface area contributed by atoms with Crippen LogP contribution in [0.3, 0.4) is 0 Å². The maximum absolute atomic E-state index is 9.20. The molecule has 2 aliphatic heterocycles. The molecule has 0 radical (unpaired) electrons. The first-order valence-electron chi connectivity index (χ1n) is 6.46. The van der Waals surface area contributed by atoms with Crippen molar-refractivity contribution in [2.75, 3.05) is 31.1 Å². The van der Waals surface area contributed by atoms with Crippen molar-refractivity contribution >= 4 is 17.3 Å². The molecule has 0 spiro atoms. The molecule has 0 amide bonds. The molecule has 3 nitrogen and oxygen atoms in total. The van der Waals surface area contributed by atoms with Crippen LogP contribution in [0, 0.1) is 11.3 Å². The minimum atomic E-state index is 0.657. The fourth-order valence-corrected chi connectivity index (χ4v) is 3.24. The van der Waals surface area contributed by atoms with Crippen LogP contribution in [-0.4, -0.2) is 37.1 Å². The van der Waals surface area contributed by atoms with Gasteiger partial charge in [-0.15, -0.1) is 0 Å². The summed E-state index contributed by atoms with van der Waals surface area (Å²) in [7, 11) is 0. The fraction of sp³-hybridized carbons (Fsp3) is 0.500. The molecule has 94 valence electrons. The Balaban J connectivity index is 1.87. The number of nitriles is 1. The number of hydrogen-bond donors (Lipinski definition) is 0. The molecule has 2 saturated heterocycles. The number of anilines is 1. The molecule has 0 aromatic heterocycles. The normalized spacial score (nSPS) is 23.8. The van der Waals surface area contributed by atoms with Gasteiger partial charge in [-0.2, -0.15) is 5.26 Å². The van der Waals surface area contributed by atoms with Crippen LogP contribution in [0.15, 0.2) is 18.2 Å². The molecule has 0 N–H and O–H groups in total. The first-order valence-corrected chi connectivity index (χ1v) is 6.84. The minimum absolute atomic E-state index is 0.657. The van der Waals surface area contributed by atoms with Crippen molar-refractivity contribution in [2.45, 2.75) is 18.9 Å². The van der Waals surface area contributed by atoms with E-state index in [1.807, 2.05) is 12.1 Å². The van der Waals surface area contributed by atoms with Crippen LogP contribution >= 0.6 is 11.6 Å². The molecule has 4 heteroatoms. The second-order valence-corrected chi connectivity index (χ2v) is 5.49. The van der Waals surface area contributed by atoms with Gasteiger partial charge in [-0.05, 0) is 37.6 Å². The molecule has 0 saturated carbocycles. The Morgan fingerprint density at radius 1 is 1.28 bits per heavy atom. The minimum Gasteiger partial charge on any atom is -0.368 e. The molecule has 3 rings (SSSR count). The monoisotopic (exact) mass is 261 g/mol. The standard InChI is InChI=1S/C14H16ClN3/c15-12-4-3-11(9-16)14(8-12)18-7-6-17-5-1-2-13(17)10-18/h3-4,8,13H,1-2,5-7,10H2. The Hall–Kier alpha value is -1.24. The highest BCUT2D eigenvalue weighted by atomic mass is 35.5. The molecule has 2 fully saturated rings. The van der Waals surface area contributed by atoms with Gasteiger partial charge in [-0.3, -0.25) is 4.90 Å². The summed E-state index contributed by atoms with van der Waals surface area (Å²) in [6, 6.07) is 8.45. The van der Waals surface area contributed by atoms with Gasteiger partial charge in [0.05, 0.1) is 11.3 Å². The lowest BCUT2D eigenvalue weighted by Crippen LogP contribution is -2.50. The van der Waals surface area contributed by atoms with Crippen LogP contribution in [0.1, 0.15) is 18.4 Å². The van der Waals surface area contributed by atoms with Crippen molar-refractivity contribution in [1.82, 2.24) is 4.90 Å². The first-order chi connectivity index (χ1) is 8.78. The second-order valence-electron chi connectivity index (χ2n) is 5.05. The smallest absolute Gasteiger partial charge is 0.101 e. The molecule has 1 aromatic carbocycles. The van der Waals surface area contributed by atoms with E-state index in [1.54, 1.807) is 6.07 Å². The Bertz CT molecular complexity index is 494. The highest BCUT2D eigenvalue weighted by Crippen LogP contribution is 2.29. The Morgan fingerprint density at radius 2 is 2.17 bits per heavy atom. The van der Waals surface area contributed by atoms with Gasteiger partial charge in [0.1, 0.15) is 6.07 Å². The number of hydrogen-bond acceptors (Lipinski definition) is 3. The van der Waals surface area contributed by atoms with Crippen LogP contribution < -0.4 is 4.90 Å². The van der Waals surface area contributed by atoms with Crippen molar-refractivity contribution < 1.29 is 0 Å². The second kappa shape index (κ2) is 4.79. The first kappa shape index (κ1) is 11.8. The zero-order chi connectivity index (χ0) is 12.5. The molecule has 1 unspecified atom stereocenters. The lowest BCUT2D eigenvalue weighted by molar-refractivity contribution is 0.231. The van der Waals surface area contributed by atoms with Gasteiger partial charge in [0.15, 0.2) is 0 Å². The summed E-state index contributed by atoms with van der Waals surface area (Å²) in [5.74, 6) is 0. The van der Waals surface area contributed by atoms with E-state index in [2.05, 4.69) is 15.9 Å². The summed E-state index contributed by atoms with van der Waals surface area (Å²) < 4.78 is 0. The molecule has 18 heavy (non-hydrogen) atoms. The van der Waals surface area contributed by atoms with E-state index in [0.29, 0.717) is 11.1 Å². The summed E-state index contributed by atoms with van der Waals surface area (Å²) >= 11 is 6.06. The predicted molar refractivity (Wildman–Crippen MR) is 73.0 cm³/mol. The maximum Gasteiger partial charge on any atom is 0.101 e. The third-order valence-electron chi connectivity index (χ3n) is 4.01. The highest BCUT2D eigenvalue weighted by Gasteiger charge is 2.31. The Morgan fingerprint density at radius 3 is 3.00 bits per heavy atom. The number of piperazine rings is 1. The lowest BCUT2D eigenvalue weighted by atomic mass is 10.1. The summed E-state index contributed by atoms with van der Waals surface area (Å²) in [5.41, 5.74) is 1.72. The molecular weight excluding hydrogens is 246 g/mol. The maximum atomic E-state index is 9.20. The molecule has 1 aromatic rings. The Kier molecular flexibility index (Phi) is 3.15. The molecule has 2 heterocycles. The van der Waals surface area contributed by atoms with Crippen LogP contribution in [0.5, 0.6) is 0 Å². The molecule has 2 aliphatic rings. The number of fused-ring (bicyclic) bond motifs is 1. The topological polar surface area (TPSA) is 30.3 Å². The quantitative estimate of drug-likeness (QED) is 0.778. The van der Waals surface area contributed by atoms with E-state index in [-0.39, 0.29) is 0 Å². The van der Waals surface area contributed by atoms with Gasteiger partial charge in [0, 0.05) is 30.7 Å². The van der Waals surface area contributed by atoms with Crippen LogP contribution in [0.4, 0.5) is 5.69 Å². The summed E-state index contributed by atoms with van der Waals surface area (Å²) in [5, 5.41) is 9.90. The van der Waals surface area contributed by atoms with Gasteiger partial charge in [-0.1, -0.05) is 11.6 Å². The Labute approximate surface area is 113 Å². The molecular formula is C14H16ClN3. The average Bonchev–Trinajstić information content (AvgIpc) is 2.85. The van der Waals surface area contributed by atoms with E-state index < -0.39 is 0 Å². The van der Waals surface area contributed by atoms with E-state index >= 15 is 0 Å². The zero-order valence-electron chi connectivity index (χ0n) is 10.3. The predicted octanol–water partition coefficient (Wildman–Crippen LogP) is 2.50. The third-order valence-corrected chi connectivity index (χ3v) is 4.24. The van der Waals surface area contributed by atoms with Crippen molar-refractivity contribution in [3.63, 3.8) is 0 Å². The highest BCUT2D eigenvalue weighted by molar-refractivity contribution is 6.30. The number of benzene rings is 1. The lowest BCUT2D eigenvalue weighted by Gasteiger charge is -2.39. The van der Waals surface area contributed by atoms with Crippen molar-refractivity contribution in [3.8, 4) is 6.07 Å². The fourth-order valence-electron chi connectivity index (χ4n) is 3.07. The largest absolute Gasteiger partial charge is 0.368 e.